The summed E-state index contributed by atoms with van der Waals surface area (Å²) in [6.45, 7) is 4.76. The third-order valence-corrected chi connectivity index (χ3v) is 3.50. The summed E-state index contributed by atoms with van der Waals surface area (Å²) in [4.78, 5) is 4.47. The van der Waals surface area contributed by atoms with Crippen molar-refractivity contribution in [1.82, 2.24) is 10.6 Å². The number of nitrogens with one attached hydrogen (secondary N) is 2. The molecule has 2 rings (SSSR count). The lowest BCUT2D eigenvalue weighted by molar-refractivity contribution is 0.114. The molecule has 22 heavy (non-hydrogen) atoms. The van der Waals surface area contributed by atoms with Gasteiger partial charge in [0.25, 0.3) is 0 Å². The highest BCUT2D eigenvalue weighted by molar-refractivity contribution is 5.79. The molecule has 2 N–H and O–H groups in total. The zero-order valence-electron chi connectivity index (χ0n) is 13.2. The Labute approximate surface area is 130 Å². The molecule has 0 radical (unpaired) electrons. The average molecular weight is 309 g/mol. The Bertz CT molecular complexity index is 502. The van der Waals surface area contributed by atoms with Crippen LogP contribution < -0.4 is 15.4 Å². The smallest absolute Gasteiger partial charge is 0.191 e. The van der Waals surface area contributed by atoms with Crippen LogP contribution in [0.4, 0.5) is 4.39 Å². The molecular weight excluding hydrogens is 285 g/mol. The summed E-state index contributed by atoms with van der Waals surface area (Å²) in [5.41, 5.74) is 0.799. The molecule has 5 nitrogen and oxygen atoms in total. The van der Waals surface area contributed by atoms with Gasteiger partial charge in [0.1, 0.15) is 0 Å². The fraction of sp³-hybridized carbons (Fsp3) is 0.562. The van der Waals surface area contributed by atoms with Crippen LogP contribution in [-0.4, -0.2) is 38.9 Å². The van der Waals surface area contributed by atoms with E-state index >= 15 is 0 Å². The van der Waals surface area contributed by atoms with Crippen molar-refractivity contribution in [3.05, 3.63) is 29.6 Å². The van der Waals surface area contributed by atoms with Crippen molar-refractivity contribution in [3.8, 4) is 5.75 Å². The van der Waals surface area contributed by atoms with Crippen LogP contribution in [0.1, 0.15) is 25.3 Å². The van der Waals surface area contributed by atoms with Gasteiger partial charge in [0.15, 0.2) is 17.5 Å². The van der Waals surface area contributed by atoms with Crippen LogP contribution in [0.2, 0.25) is 0 Å². The van der Waals surface area contributed by atoms with Gasteiger partial charge >= 0.3 is 0 Å². The van der Waals surface area contributed by atoms with Crippen LogP contribution >= 0.6 is 0 Å². The van der Waals surface area contributed by atoms with Crippen molar-refractivity contribution in [2.24, 2.45) is 4.99 Å². The Hall–Kier alpha value is -1.82. The van der Waals surface area contributed by atoms with E-state index in [2.05, 4.69) is 15.6 Å². The zero-order valence-corrected chi connectivity index (χ0v) is 13.2. The molecule has 1 unspecified atom stereocenters. The van der Waals surface area contributed by atoms with Gasteiger partial charge in [-0.3, -0.25) is 0 Å². The van der Waals surface area contributed by atoms with Gasteiger partial charge in [-0.2, -0.15) is 0 Å². The summed E-state index contributed by atoms with van der Waals surface area (Å²) in [5.74, 6) is 0.595. The molecule has 0 spiro atoms. The number of methoxy groups -OCH3 is 1. The minimum absolute atomic E-state index is 0.246. The number of hydrogen-bond donors (Lipinski definition) is 2. The first kappa shape index (κ1) is 16.5. The Balaban J connectivity index is 1.92. The SMILES string of the molecule is CCNC(=NCc1ccc(OC)c(F)c1)NCC1CCCO1. The number of benzene rings is 1. The highest BCUT2D eigenvalue weighted by Crippen LogP contribution is 2.18. The average Bonchev–Trinajstić information content (AvgIpc) is 3.03. The molecule has 0 bridgehead atoms. The molecule has 1 aromatic rings. The lowest BCUT2D eigenvalue weighted by Crippen LogP contribution is -2.41. The maximum atomic E-state index is 13.7. The minimum Gasteiger partial charge on any atom is -0.494 e. The van der Waals surface area contributed by atoms with Crippen molar-refractivity contribution >= 4 is 5.96 Å². The number of hydrogen-bond acceptors (Lipinski definition) is 3. The standard InChI is InChI=1S/C16H24FN3O2/c1-3-18-16(20-11-13-5-4-8-22-13)19-10-12-6-7-15(21-2)14(17)9-12/h6-7,9,13H,3-5,8,10-11H2,1-2H3,(H2,18,19,20). The van der Waals surface area contributed by atoms with E-state index in [4.69, 9.17) is 9.47 Å². The largest absolute Gasteiger partial charge is 0.494 e. The van der Waals surface area contributed by atoms with Gasteiger partial charge in [0.05, 0.1) is 19.8 Å². The van der Waals surface area contributed by atoms with E-state index in [1.54, 1.807) is 6.07 Å². The van der Waals surface area contributed by atoms with Gasteiger partial charge in [-0.05, 0) is 37.5 Å². The summed E-state index contributed by atoms with van der Waals surface area (Å²) >= 11 is 0. The van der Waals surface area contributed by atoms with Crippen LogP contribution in [0.3, 0.4) is 0 Å². The first-order valence-electron chi connectivity index (χ1n) is 7.69. The molecule has 1 aromatic carbocycles. The quantitative estimate of drug-likeness (QED) is 0.624. The lowest BCUT2D eigenvalue weighted by Gasteiger charge is -2.14. The maximum absolute atomic E-state index is 13.7. The molecular formula is C16H24FN3O2. The molecule has 1 aliphatic heterocycles. The highest BCUT2D eigenvalue weighted by atomic mass is 19.1. The van der Waals surface area contributed by atoms with E-state index in [1.807, 2.05) is 13.0 Å². The second-order valence-electron chi connectivity index (χ2n) is 5.18. The molecule has 1 fully saturated rings. The predicted molar refractivity (Wildman–Crippen MR) is 84.7 cm³/mol. The number of nitrogens with zero attached hydrogens (tertiary/aromatic N) is 1. The second-order valence-corrected chi connectivity index (χ2v) is 5.18. The number of halogens is 1. The Morgan fingerprint density at radius 3 is 2.95 bits per heavy atom. The van der Waals surface area contributed by atoms with Crippen LogP contribution in [0.25, 0.3) is 0 Å². The van der Waals surface area contributed by atoms with Crippen molar-refractivity contribution in [3.63, 3.8) is 0 Å². The third-order valence-electron chi connectivity index (χ3n) is 3.50. The van der Waals surface area contributed by atoms with Crippen LogP contribution in [0, 0.1) is 5.82 Å². The van der Waals surface area contributed by atoms with E-state index in [-0.39, 0.29) is 17.7 Å². The fourth-order valence-electron chi connectivity index (χ4n) is 2.34. The predicted octanol–water partition coefficient (Wildman–Crippen LogP) is 2.07. The monoisotopic (exact) mass is 309 g/mol. The molecule has 122 valence electrons. The normalized spacial score (nSPS) is 18.3. The number of guanidine groups is 1. The molecule has 0 aliphatic carbocycles. The zero-order chi connectivity index (χ0) is 15.8. The van der Waals surface area contributed by atoms with E-state index < -0.39 is 0 Å². The van der Waals surface area contributed by atoms with Crippen molar-refractivity contribution in [1.29, 1.82) is 0 Å². The lowest BCUT2D eigenvalue weighted by atomic mass is 10.2. The molecule has 1 aliphatic rings. The van der Waals surface area contributed by atoms with Gasteiger partial charge in [0, 0.05) is 19.7 Å². The van der Waals surface area contributed by atoms with Crippen molar-refractivity contribution < 1.29 is 13.9 Å². The summed E-state index contributed by atoms with van der Waals surface area (Å²) < 4.78 is 24.1. The van der Waals surface area contributed by atoms with Gasteiger partial charge in [-0.25, -0.2) is 9.38 Å². The van der Waals surface area contributed by atoms with Gasteiger partial charge < -0.3 is 20.1 Å². The third kappa shape index (κ3) is 4.87. The maximum Gasteiger partial charge on any atom is 0.191 e. The first-order chi connectivity index (χ1) is 10.7. The van der Waals surface area contributed by atoms with Gasteiger partial charge in [-0.1, -0.05) is 6.07 Å². The molecule has 1 saturated heterocycles. The molecule has 0 aromatic heterocycles. The van der Waals surface area contributed by atoms with Crippen LogP contribution in [-0.2, 0) is 11.3 Å². The van der Waals surface area contributed by atoms with E-state index in [9.17, 15) is 4.39 Å². The summed E-state index contributed by atoms with van der Waals surface area (Å²) in [6, 6.07) is 4.88. The van der Waals surface area contributed by atoms with Gasteiger partial charge in [0.2, 0.25) is 0 Å². The molecule has 6 heteroatoms. The molecule has 1 heterocycles. The minimum atomic E-state index is -0.368. The first-order valence-corrected chi connectivity index (χ1v) is 7.69. The molecule has 1 atom stereocenters. The molecule has 0 amide bonds. The topological polar surface area (TPSA) is 54.9 Å². The molecule has 0 saturated carbocycles. The Morgan fingerprint density at radius 1 is 1.45 bits per heavy atom. The number of ether oxygens (including phenoxy) is 2. The number of rotatable bonds is 6. The van der Waals surface area contributed by atoms with E-state index in [1.165, 1.54) is 13.2 Å². The Morgan fingerprint density at radius 2 is 2.32 bits per heavy atom. The summed E-state index contributed by atoms with van der Waals surface area (Å²) in [7, 11) is 1.45. The summed E-state index contributed by atoms with van der Waals surface area (Å²) in [6.07, 6.45) is 2.45. The summed E-state index contributed by atoms with van der Waals surface area (Å²) in [5, 5.41) is 6.44. The van der Waals surface area contributed by atoms with Crippen LogP contribution in [0.5, 0.6) is 5.75 Å². The van der Waals surface area contributed by atoms with E-state index in [0.29, 0.717) is 12.5 Å². The second kappa shape index (κ2) is 8.58. The van der Waals surface area contributed by atoms with Crippen molar-refractivity contribution in [2.45, 2.75) is 32.4 Å². The number of aliphatic imine (C=N–C) groups is 1. The van der Waals surface area contributed by atoms with E-state index in [0.717, 1.165) is 38.1 Å². The van der Waals surface area contributed by atoms with Crippen LogP contribution in [0.15, 0.2) is 23.2 Å². The highest BCUT2D eigenvalue weighted by Gasteiger charge is 2.15. The fourth-order valence-corrected chi connectivity index (χ4v) is 2.34. The van der Waals surface area contributed by atoms with Gasteiger partial charge in [-0.15, -0.1) is 0 Å². The Kier molecular flexibility index (Phi) is 6.45. The van der Waals surface area contributed by atoms with Crippen molar-refractivity contribution in [2.75, 3.05) is 26.8 Å².